The van der Waals surface area contributed by atoms with E-state index in [4.69, 9.17) is 18.4 Å². The summed E-state index contributed by atoms with van der Waals surface area (Å²) in [4.78, 5) is 61.8. The molecule has 45 heavy (non-hydrogen) atoms. The number of nitrogens with one attached hydrogen (secondary N) is 1. The summed E-state index contributed by atoms with van der Waals surface area (Å²) in [6, 6.07) is 17.6. The van der Waals surface area contributed by atoms with Gasteiger partial charge >= 0.3 is 11.8 Å². The van der Waals surface area contributed by atoms with Crippen LogP contribution >= 0.6 is 23.1 Å². The zero-order valence-corrected chi connectivity index (χ0v) is 25.6. The van der Waals surface area contributed by atoms with Crippen molar-refractivity contribution in [2.24, 2.45) is 5.16 Å². The van der Waals surface area contributed by atoms with E-state index in [9.17, 15) is 19.2 Å². The van der Waals surface area contributed by atoms with Crippen LogP contribution in [-0.2, 0) is 28.7 Å². The van der Waals surface area contributed by atoms with Crippen LogP contribution in [0.15, 0.2) is 103 Å². The molecule has 1 saturated heterocycles. The molecular weight excluding hydrogens is 620 g/mol. The third-order valence-electron chi connectivity index (χ3n) is 7.16. The second kappa shape index (κ2) is 12.6. The highest BCUT2D eigenvalue weighted by molar-refractivity contribution is 8.01. The van der Waals surface area contributed by atoms with Crippen LogP contribution in [0.25, 0.3) is 0 Å². The number of thioether (sulfide) groups is 1. The number of β-lactam (4-membered cyclic amide) rings is 1. The van der Waals surface area contributed by atoms with Crippen LogP contribution in [-0.4, -0.2) is 51.4 Å². The van der Waals surface area contributed by atoms with E-state index < -0.39 is 46.6 Å². The summed E-state index contributed by atoms with van der Waals surface area (Å²) in [5.41, 5.74) is 3.06. The number of benzene rings is 2. The van der Waals surface area contributed by atoms with Gasteiger partial charge in [-0.25, -0.2) is 14.6 Å². The van der Waals surface area contributed by atoms with E-state index in [1.165, 1.54) is 33.5 Å². The van der Waals surface area contributed by atoms with Gasteiger partial charge in [-0.15, -0.1) is 23.1 Å². The number of aryl methyl sites for hydroxylation is 1. The van der Waals surface area contributed by atoms with Gasteiger partial charge in [-0.2, -0.15) is 0 Å². The number of nitrogens with zero attached hydrogens (tertiary/aromatic N) is 3. The van der Waals surface area contributed by atoms with Crippen molar-refractivity contribution in [3.8, 4) is 0 Å². The topological polar surface area (TPSA) is 154 Å². The van der Waals surface area contributed by atoms with Crippen molar-refractivity contribution in [1.82, 2.24) is 15.2 Å². The first kappa shape index (κ1) is 30.1. The average Bonchev–Trinajstić information content (AvgIpc) is 3.71. The van der Waals surface area contributed by atoms with Gasteiger partial charge in [-0.1, -0.05) is 65.8 Å². The summed E-state index contributed by atoms with van der Waals surface area (Å²) in [6.45, 7) is 2.86. The fraction of sp³-hybridized carbons (Fsp3) is 0.226. The highest BCUT2D eigenvalue weighted by Gasteiger charge is 2.54. The lowest BCUT2D eigenvalue weighted by Gasteiger charge is -2.50. The maximum atomic E-state index is 13.4. The minimum Gasteiger partial charge on any atom is -0.450 e. The van der Waals surface area contributed by atoms with Crippen LogP contribution in [0.2, 0.25) is 0 Å². The quantitative estimate of drug-likeness (QED) is 0.116. The standard InChI is InChI=1S/C31H26N4O8S2/c1-18-26(43-30(39)41-18)31(2)13-14-35-28(38)24(29(35)45-31)33-27(37)23(21-16-44-17-32-21)34-40-15-22(36)42-25(19-9-5-3-6-10-19)20-11-7-4-8-12-20/h3-14,16-17,24-25,29H,15H2,1-2H3,(H,33,37)/t24?,29-,31?/m1/s1. The first-order valence-corrected chi connectivity index (χ1v) is 15.5. The number of fused-ring (bicyclic) bond motifs is 1. The molecule has 1 N–H and O–H groups in total. The SMILES string of the molecule is Cc1oc(=O)oc1C1(C)C=CN2C(=O)C(NC(=O)C(=NOCC(=O)OC(c3ccccc3)c3ccccc3)c3cscn3)[C@H]2S1. The maximum absolute atomic E-state index is 13.4. The molecule has 230 valence electrons. The van der Waals surface area contributed by atoms with Gasteiger partial charge in [0.1, 0.15) is 22.9 Å². The van der Waals surface area contributed by atoms with E-state index in [-0.39, 0.29) is 17.3 Å². The maximum Gasteiger partial charge on any atom is 0.519 e. The van der Waals surface area contributed by atoms with Crippen molar-refractivity contribution in [2.75, 3.05) is 6.61 Å². The van der Waals surface area contributed by atoms with E-state index in [0.29, 0.717) is 11.5 Å². The predicted molar refractivity (Wildman–Crippen MR) is 164 cm³/mol. The summed E-state index contributed by atoms with van der Waals surface area (Å²) in [5.74, 6) is -1.93. The van der Waals surface area contributed by atoms with E-state index in [2.05, 4.69) is 15.5 Å². The Hall–Kier alpha value is -4.95. The van der Waals surface area contributed by atoms with Gasteiger partial charge < -0.3 is 28.6 Å². The smallest absolute Gasteiger partial charge is 0.450 e. The number of amides is 2. The van der Waals surface area contributed by atoms with Crippen LogP contribution < -0.4 is 11.1 Å². The van der Waals surface area contributed by atoms with E-state index >= 15 is 0 Å². The highest BCUT2D eigenvalue weighted by Crippen LogP contribution is 2.49. The van der Waals surface area contributed by atoms with Gasteiger partial charge in [0.05, 0.1) is 10.3 Å². The summed E-state index contributed by atoms with van der Waals surface area (Å²) < 4.78 is 15.2. The van der Waals surface area contributed by atoms with E-state index in [1.807, 2.05) is 67.6 Å². The molecule has 3 atom stereocenters. The van der Waals surface area contributed by atoms with Crippen LogP contribution in [0.5, 0.6) is 0 Å². The Morgan fingerprint density at radius 1 is 1.09 bits per heavy atom. The summed E-state index contributed by atoms with van der Waals surface area (Å²) in [7, 11) is 0. The predicted octanol–water partition coefficient (Wildman–Crippen LogP) is 3.88. The van der Waals surface area contributed by atoms with Crippen LogP contribution in [0.3, 0.4) is 0 Å². The van der Waals surface area contributed by atoms with Crippen LogP contribution in [0.1, 0.15) is 41.4 Å². The molecule has 14 heteroatoms. The minimum atomic E-state index is -0.919. The van der Waals surface area contributed by atoms with Crippen molar-refractivity contribution in [3.05, 3.63) is 123 Å². The second-order valence-corrected chi connectivity index (χ2v) is 12.5. The highest BCUT2D eigenvalue weighted by atomic mass is 32.2. The lowest BCUT2D eigenvalue weighted by Crippen LogP contribution is -2.69. The number of esters is 1. The molecule has 4 aromatic rings. The Balaban J connectivity index is 1.14. The fourth-order valence-corrected chi connectivity index (χ4v) is 7.06. The van der Waals surface area contributed by atoms with Crippen molar-refractivity contribution < 1.29 is 32.8 Å². The Morgan fingerprint density at radius 3 is 2.38 bits per heavy atom. The molecule has 2 aliphatic heterocycles. The number of aromatic nitrogens is 1. The summed E-state index contributed by atoms with van der Waals surface area (Å²) in [5, 5.41) is 7.73. The van der Waals surface area contributed by atoms with Crippen molar-refractivity contribution >= 4 is 46.6 Å². The molecule has 2 aliphatic rings. The molecule has 0 saturated carbocycles. The van der Waals surface area contributed by atoms with Gasteiger partial charge in [0, 0.05) is 11.6 Å². The summed E-state index contributed by atoms with van der Waals surface area (Å²) >= 11 is 2.55. The van der Waals surface area contributed by atoms with Crippen molar-refractivity contribution in [2.45, 2.75) is 36.1 Å². The first-order valence-electron chi connectivity index (χ1n) is 13.7. The molecule has 2 aromatic carbocycles. The van der Waals surface area contributed by atoms with Crippen LogP contribution in [0.4, 0.5) is 0 Å². The Bertz CT molecular complexity index is 1780. The third kappa shape index (κ3) is 6.19. The van der Waals surface area contributed by atoms with Gasteiger partial charge in [0.15, 0.2) is 17.6 Å². The molecule has 0 spiro atoms. The zero-order valence-electron chi connectivity index (χ0n) is 23.9. The fourth-order valence-electron chi connectivity index (χ4n) is 4.99. The molecule has 6 rings (SSSR count). The molecule has 12 nitrogen and oxygen atoms in total. The normalized spacial score (nSPS) is 20.8. The largest absolute Gasteiger partial charge is 0.519 e. The average molecular weight is 647 g/mol. The molecule has 2 aromatic heterocycles. The monoisotopic (exact) mass is 646 g/mol. The second-order valence-electron chi connectivity index (χ2n) is 10.2. The Morgan fingerprint density at radius 2 is 1.78 bits per heavy atom. The van der Waals surface area contributed by atoms with E-state index in [1.54, 1.807) is 24.6 Å². The molecule has 1 fully saturated rings. The molecule has 4 heterocycles. The number of hydrogen-bond acceptors (Lipinski definition) is 12. The van der Waals surface area contributed by atoms with Gasteiger partial charge in [-0.05, 0) is 31.1 Å². The molecule has 2 unspecified atom stereocenters. The number of rotatable bonds is 10. The molecule has 2 amide bonds. The van der Waals surface area contributed by atoms with Crippen molar-refractivity contribution in [1.29, 1.82) is 0 Å². The van der Waals surface area contributed by atoms with Gasteiger partial charge in [-0.3, -0.25) is 9.59 Å². The van der Waals surface area contributed by atoms with Gasteiger partial charge in [0.2, 0.25) is 6.61 Å². The number of thiazole rings is 1. The number of carbonyl (C=O) groups is 3. The van der Waals surface area contributed by atoms with Gasteiger partial charge in [0.25, 0.3) is 11.8 Å². The number of ether oxygens (including phenoxy) is 1. The van der Waals surface area contributed by atoms with Crippen LogP contribution in [0, 0.1) is 6.92 Å². The minimum absolute atomic E-state index is 0.206. The molecular formula is C31H26N4O8S2. The van der Waals surface area contributed by atoms with Crippen molar-refractivity contribution in [3.63, 3.8) is 0 Å². The third-order valence-corrected chi connectivity index (χ3v) is 9.30. The van der Waals surface area contributed by atoms with E-state index in [0.717, 1.165) is 11.1 Å². The lowest BCUT2D eigenvalue weighted by atomic mass is 10.0. The lowest BCUT2D eigenvalue weighted by molar-refractivity contribution is -0.153. The molecule has 0 aliphatic carbocycles. The Labute approximate surface area is 264 Å². The first-order chi connectivity index (χ1) is 21.7. The number of hydrogen-bond donors (Lipinski definition) is 1. The molecule has 0 bridgehead atoms. The number of carbonyl (C=O) groups excluding carboxylic acids is 3. The molecule has 0 radical (unpaired) electrons. The summed E-state index contributed by atoms with van der Waals surface area (Å²) in [6.07, 6.45) is 2.66. The number of oxime groups is 1. The Kier molecular flexibility index (Phi) is 8.41. The zero-order chi connectivity index (χ0) is 31.6.